The first-order valence-electron chi connectivity index (χ1n) is 1.11. The van der Waals surface area contributed by atoms with E-state index in [0.717, 1.165) is 0 Å². The van der Waals surface area contributed by atoms with E-state index in [4.69, 9.17) is 28.7 Å². The fourth-order valence-electron chi connectivity index (χ4n) is 0. The highest BCUT2D eigenvalue weighted by molar-refractivity contribution is 7.40. The number of phosphoric acid groups is 1. The zero-order valence-electron chi connectivity index (χ0n) is 7.38. The van der Waals surface area contributed by atoms with Gasteiger partial charge >= 0.3 is 8.69 Å². The van der Waals surface area contributed by atoms with Crippen molar-refractivity contribution >= 4 is 16.5 Å². The van der Waals surface area contributed by atoms with E-state index in [9.17, 15) is 0 Å². The van der Waals surface area contributed by atoms with E-state index < -0.39 is 16.5 Å². The summed E-state index contributed by atoms with van der Waals surface area (Å²) in [6.45, 7) is 0. The lowest BCUT2D eigenvalue weighted by molar-refractivity contribution is -0.432. The van der Waals surface area contributed by atoms with Crippen molar-refractivity contribution in [3.05, 3.63) is 0 Å². The van der Waals surface area contributed by atoms with Gasteiger partial charge in [0.2, 0.25) is 0 Å². The van der Waals surface area contributed by atoms with Gasteiger partial charge in [0.15, 0.2) is 0 Å². The van der Waals surface area contributed by atoms with Gasteiger partial charge in [-0.05, 0) is 0 Å². The highest BCUT2D eigenvalue weighted by atomic mass is 31.2. The van der Waals surface area contributed by atoms with E-state index >= 15 is 0 Å². The Morgan fingerprint density at radius 3 is 1.00 bits per heavy atom. The summed E-state index contributed by atoms with van der Waals surface area (Å²) in [6, 6.07) is 0. The fraction of sp³-hybridized carbons (Fsp3) is 0. The Kier molecular flexibility index (Phi) is 75.4. The van der Waals surface area contributed by atoms with Crippen molar-refractivity contribution in [2.75, 3.05) is 0 Å². The maximum absolute atomic E-state index is 8.55. The molecule has 0 rings (SSSR count). The van der Waals surface area contributed by atoms with Crippen LogP contribution in [0.5, 0.6) is 0 Å². The van der Waals surface area contributed by atoms with E-state index in [0.29, 0.717) is 0 Å². The molecule has 0 aliphatic carbocycles. The molecule has 0 spiro atoms. The third-order valence-corrected chi connectivity index (χ3v) is 0. The average molecular weight is 231 g/mol. The van der Waals surface area contributed by atoms with Crippen molar-refractivity contribution in [3.63, 3.8) is 0 Å². The summed E-state index contributed by atoms with van der Waals surface area (Å²) in [5.74, 6) is 0. The molecule has 0 aliphatic heterocycles. The Morgan fingerprint density at radius 1 is 1.00 bits per heavy atom. The number of hydrogen-bond acceptors (Lipinski definition) is 5. The molecule has 0 saturated carbocycles. The lowest BCUT2D eigenvalue weighted by Crippen LogP contribution is -2.24. The van der Waals surface area contributed by atoms with Crippen LogP contribution in [0.4, 0.5) is 0 Å². The van der Waals surface area contributed by atoms with Gasteiger partial charge in [0.1, 0.15) is 0 Å². The predicted octanol–water partition coefficient (Wildman–Crippen LogP) is -1.13. The highest BCUT2D eigenvalue weighted by Crippen LogP contribution is 2.03. The Balaban J connectivity index is -0.0000000119. The normalized spacial score (nSPS) is 6.67. The second kappa shape index (κ2) is 22.5. The quantitative estimate of drug-likeness (QED) is 0.321. The number of hydrogen-bond donors (Lipinski definition) is 5. The molecule has 0 unspecified atom stereocenters. The lowest BCUT2D eigenvalue weighted by Gasteiger charge is -2.36. The van der Waals surface area contributed by atoms with Crippen LogP contribution >= 0.6 is 16.5 Å². The molecule has 82 valence electrons. The van der Waals surface area contributed by atoms with Gasteiger partial charge in [-0.3, -0.25) is 0 Å². The first-order valence-corrected chi connectivity index (χ1v) is 3.34. The van der Waals surface area contributed by atoms with Crippen LogP contribution in [-0.4, -0.2) is 4.89 Å². The van der Waals surface area contributed by atoms with Crippen molar-refractivity contribution in [3.8, 4) is 0 Å². The third-order valence-electron chi connectivity index (χ3n) is 0. The van der Waals surface area contributed by atoms with Crippen LogP contribution in [0.3, 0.4) is 0 Å². The third kappa shape index (κ3) is 8130000. The van der Waals surface area contributed by atoms with Crippen molar-refractivity contribution in [1.82, 2.24) is 24.6 Å². The Labute approximate surface area is 70.9 Å². The van der Waals surface area contributed by atoms with Crippen LogP contribution in [0.2, 0.25) is 0 Å². The number of quaternary nitrogens is 4. The van der Waals surface area contributed by atoms with Crippen LogP contribution in [0.25, 0.3) is 0 Å². The number of rotatable bonds is 0. The maximum Gasteiger partial charge on any atom is 0.324 e. The zero-order chi connectivity index (χ0) is 7.21. The molecule has 0 aliphatic rings. The summed E-state index contributed by atoms with van der Waals surface area (Å²) in [6.07, 6.45) is 0. The Bertz CT molecular complexity index is 91.5. The molecule has 0 saturated heterocycles. The first-order chi connectivity index (χ1) is 3.41. The Hall–Kier alpha value is 0.01000. The molecule has 0 radical (unpaired) electrons. The van der Waals surface area contributed by atoms with Gasteiger partial charge < -0.3 is 48.7 Å². The molecule has 0 heterocycles. The standard InChI is InChI=1S/4H3N.H3O4P.HO2P/c;;;;1-5(2,3)4;1-3-2/h4*1H3;(H3,1,2,3,4);(H,1,2)/p+1. The molecule has 12 heavy (non-hydrogen) atoms. The fourth-order valence-corrected chi connectivity index (χ4v) is 0. The summed E-state index contributed by atoms with van der Waals surface area (Å²) in [4.78, 5) is 32.6. The minimum Gasteiger partial charge on any atom is -0.822 e. The van der Waals surface area contributed by atoms with Crippen LogP contribution in [0.1, 0.15) is 0 Å². The average Bonchev–Trinajstić information content (AvgIpc) is 1.27. The monoisotopic (exact) mass is 231 g/mol. The molecule has 12 heteroatoms. The van der Waals surface area contributed by atoms with Gasteiger partial charge in [0, 0.05) is 0 Å². The largest absolute Gasteiger partial charge is 0.822 e. The summed E-state index contributed by atoms with van der Waals surface area (Å²) in [7, 11) is -6.22. The van der Waals surface area contributed by atoms with Crippen LogP contribution in [0, 0.1) is 0 Å². The van der Waals surface area contributed by atoms with Gasteiger partial charge in [-0.2, -0.15) is 7.82 Å². The summed E-state index contributed by atoms with van der Waals surface area (Å²) >= 11 is 0. The van der Waals surface area contributed by atoms with Crippen molar-refractivity contribution in [2.24, 2.45) is 0 Å². The molecule has 17 N–H and O–H groups in total. The van der Waals surface area contributed by atoms with E-state index in [1.807, 2.05) is 0 Å². The van der Waals surface area contributed by atoms with Gasteiger partial charge in [0.25, 0.3) is 0 Å². The van der Waals surface area contributed by atoms with Crippen LogP contribution < -0.4 is 39.3 Å². The highest BCUT2D eigenvalue weighted by Gasteiger charge is 1.44. The minimum absolute atomic E-state index is 0. The van der Waals surface area contributed by atoms with Gasteiger partial charge in [0.05, 0.1) is 0 Å². The van der Waals surface area contributed by atoms with Gasteiger partial charge in [-0.25, -0.2) is 4.57 Å². The topological polar surface area (TPSA) is 270 Å². The molecular formula is H17N4O6P2+. The lowest BCUT2D eigenvalue weighted by atomic mass is 14.0. The molecule has 0 aromatic rings. The van der Waals surface area contributed by atoms with Gasteiger partial charge in [-0.1, -0.05) is 0 Å². The van der Waals surface area contributed by atoms with E-state index in [1.54, 1.807) is 0 Å². The molecular weight excluding hydrogens is 214 g/mol. The van der Waals surface area contributed by atoms with Crippen LogP contribution in [0.15, 0.2) is 0 Å². The smallest absolute Gasteiger partial charge is 0.324 e. The second-order valence-electron chi connectivity index (χ2n) is 0.529. The van der Waals surface area contributed by atoms with E-state index in [1.165, 1.54) is 0 Å². The van der Waals surface area contributed by atoms with E-state index in [2.05, 4.69) is 0 Å². The molecule has 0 bridgehead atoms. The van der Waals surface area contributed by atoms with Crippen LogP contribution in [-0.2, 0) is 9.13 Å². The summed E-state index contributed by atoms with van der Waals surface area (Å²) in [5, 5.41) is 0. The SMILES string of the molecule is O=P([O-])([O-])[O-].O=PO.[NH4+].[NH4+].[NH4+].[NH4+]. The molecule has 10 nitrogen and oxygen atoms in total. The van der Waals surface area contributed by atoms with E-state index in [-0.39, 0.29) is 24.6 Å². The Morgan fingerprint density at radius 2 is 1.00 bits per heavy atom. The second-order valence-corrected chi connectivity index (χ2v) is 1.59. The summed E-state index contributed by atoms with van der Waals surface area (Å²) < 4.78 is 17.0. The minimum atomic E-state index is -5.39. The molecule has 0 fully saturated rings. The van der Waals surface area contributed by atoms with Gasteiger partial charge in [-0.15, -0.1) is 0 Å². The molecule has 0 aromatic carbocycles. The molecule has 0 atom stereocenters. The first kappa shape index (κ1) is 40.3. The maximum atomic E-state index is 8.55. The molecule has 0 aromatic heterocycles. The van der Waals surface area contributed by atoms with Crippen molar-refractivity contribution < 1.29 is 28.7 Å². The van der Waals surface area contributed by atoms with Crippen molar-refractivity contribution in [1.29, 1.82) is 0 Å². The zero-order valence-corrected chi connectivity index (χ0v) is 9.17. The predicted molar refractivity (Wildman–Crippen MR) is 41.4 cm³/mol. The summed E-state index contributed by atoms with van der Waals surface area (Å²) in [5.41, 5.74) is 0. The molecule has 0 amide bonds. The van der Waals surface area contributed by atoms with Crippen molar-refractivity contribution in [2.45, 2.75) is 0 Å².